The van der Waals surface area contributed by atoms with E-state index >= 15 is 0 Å². The monoisotopic (exact) mass is 415 g/mol. The van der Waals surface area contributed by atoms with Crippen LogP contribution >= 0.6 is 0 Å². The first-order chi connectivity index (χ1) is 15.1. The average Bonchev–Trinajstić information content (AvgIpc) is 3.27. The van der Waals surface area contributed by atoms with Crippen molar-refractivity contribution < 1.29 is 9.50 Å². The van der Waals surface area contributed by atoms with Gasteiger partial charge in [0, 0.05) is 40.1 Å². The highest BCUT2D eigenvalue weighted by molar-refractivity contribution is 6.15. The van der Waals surface area contributed by atoms with Gasteiger partial charge in [-0.2, -0.15) is 5.10 Å². The maximum Gasteiger partial charge on any atom is 0.272 e. The Labute approximate surface area is 175 Å². The fraction of sp³-hybridized carbons (Fsp3) is 0.0870. The van der Waals surface area contributed by atoms with Gasteiger partial charge in [-0.25, -0.2) is 4.39 Å². The van der Waals surface area contributed by atoms with Crippen molar-refractivity contribution in [1.29, 1.82) is 0 Å². The molecule has 0 saturated heterocycles. The fourth-order valence-corrected chi connectivity index (χ4v) is 3.97. The van der Waals surface area contributed by atoms with Gasteiger partial charge < -0.3 is 15.8 Å². The van der Waals surface area contributed by atoms with Crippen LogP contribution in [0.5, 0.6) is 0 Å². The zero-order valence-corrected chi connectivity index (χ0v) is 16.3. The Bertz CT molecular complexity index is 1550. The highest BCUT2D eigenvalue weighted by Crippen LogP contribution is 2.39. The van der Waals surface area contributed by atoms with Crippen molar-refractivity contribution in [2.45, 2.75) is 6.42 Å². The molecule has 0 atom stereocenters. The molecule has 0 aliphatic carbocycles. The second-order valence-corrected chi connectivity index (χ2v) is 7.20. The quantitative estimate of drug-likeness (QED) is 0.333. The van der Waals surface area contributed by atoms with Gasteiger partial charge in [-0.3, -0.25) is 14.9 Å². The Morgan fingerprint density at radius 3 is 2.87 bits per heavy atom. The van der Waals surface area contributed by atoms with Gasteiger partial charge in [-0.1, -0.05) is 18.2 Å². The van der Waals surface area contributed by atoms with E-state index in [0.29, 0.717) is 39.4 Å². The molecule has 0 aliphatic heterocycles. The predicted octanol–water partition coefficient (Wildman–Crippen LogP) is 3.74. The zero-order valence-electron chi connectivity index (χ0n) is 16.3. The second kappa shape index (κ2) is 7.33. The maximum absolute atomic E-state index is 14.2. The SMILES string of the molecule is Nc1c(-c2ccc(F)c3[nH]ncc23)c2cc(/C=C/CCO)c3ncccc3c2[nH]c1=O. The minimum absolute atomic E-state index is 0.0367. The molecule has 0 spiro atoms. The number of aromatic amines is 2. The number of nitrogens with two attached hydrogens (primary N) is 1. The van der Waals surface area contributed by atoms with E-state index in [-0.39, 0.29) is 17.8 Å². The largest absolute Gasteiger partial charge is 0.396 e. The van der Waals surface area contributed by atoms with Crippen molar-refractivity contribution >= 4 is 44.5 Å². The molecule has 154 valence electrons. The van der Waals surface area contributed by atoms with Gasteiger partial charge in [-0.15, -0.1) is 0 Å². The maximum atomic E-state index is 14.2. The number of pyridine rings is 2. The number of fused-ring (bicyclic) bond motifs is 4. The summed E-state index contributed by atoms with van der Waals surface area (Å²) in [5.41, 5.74) is 9.34. The minimum atomic E-state index is -0.439. The second-order valence-electron chi connectivity index (χ2n) is 7.20. The van der Waals surface area contributed by atoms with E-state index < -0.39 is 11.4 Å². The van der Waals surface area contributed by atoms with Crippen molar-refractivity contribution in [3.8, 4) is 11.1 Å². The van der Waals surface area contributed by atoms with E-state index in [2.05, 4.69) is 20.2 Å². The number of aliphatic hydroxyl groups excluding tert-OH is 1. The molecule has 7 nitrogen and oxygen atoms in total. The molecule has 0 amide bonds. The minimum Gasteiger partial charge on any atom is -0.396 e. The molecule has 8 heteroatoms. The summed E-state index contributed by atoms with van der Waals surface area (Å²) in [5, 5.41) is 17.7. The summed E-state index contributed by atoms with van der Waals surface area (Å²) < 4.78 is 14.2. The van der Waals surface area contributed by atoms with Crippen LogP contribution in [0, 0.1) is 5.82 Å². The number of rotatable bonds is 4. The normalized spacial score (nSPS) is 11.9. The third-order valence-corrected chi connectivity index (χ3v) is 5.37. The molecule has 3 aromatic heterocycles. The smallest absolute Gasteiger partial charge is 0.272 e. The molecule has 5 N–H and O–H groups in total. The molecule has 0 saturated carbocycles. The van der Waals surface area contributed by atoms with Crippen LogP contribution in [0.15, 0.2) is 53.6 Å². The average molecular weight is 415 g/mol. The lowest BCUT2D eigenvalue weighted by molar-refractivity contribution is 0.303. The number of hydrogen-bond acceptors (Lipinski definition) is 5. The first-order valence-corrected chi connectivity index (χ1v) is 9.72. The van der Waals surface area contributed by atoms with Crippen molar-refractivity contribution in [2.75, 3.05) is 12.3 Å². The standard InChI is InChI=1S/C23H18FN5O2/c24-17-7-6-13(16-11-27-29-22(16)17)18-15-10-12(4-1-2-9-30)20-14(5-3-8-26-20)21(15)28-23(31)19(18)25/h1,3-8,10-11,30H,2,9,25H2,(H,27,29)(H,28,31)/b4-1+. The number of anilines is 1. The molecule has 5 aromatic rings. The zero-order chi connectivity index (χ0) is 21.5. The lowest BCUT2D eigenvalue weighted by atomic mass is 9.93. The highest BCUT2D eigenvalue weighted by Gasteiger charge is 2.19. The summed E-state index contributed by atoms with van der Waals surface area (Å²) in [6.45, 7) is 0.0367. The van der Waals surface area contributed by atoms with E-state index in [9.17, 15) is 9.18 Å². The van der Waals surface area contributed by atoms with Gasteiger partial charge in [0.15, 0.2) is 0 Å². The molecule has 0 aliphatic rings. The fourth-order valence-electron chi connectivity index (χ4n) is 3.97. The Kier molecular flexibility index (Phi) is 4.48. The molecular formula is C23H18FN5O2. The number of hydrogen-bond donors (Lipinski definition) is 4. The number of H-pyrrole nitrogens is 2. The number of aromatic nitrogens is 4. The molecule has 0 radical (unpaired) electrons. The van der Waals surface area contributed by atoms with Crippen LogP contribution in [0.1, 0.15) is 12.0 Å². The number of aliphatic hydroxyl groups is 1. The first-order valence-electron chi connectivity index (χ1n) is 9.72. The Hall–Kier alpha value is -4.04. The number of nitrogens with zero attached hydrogens (tertiary/aromatic N) is 2. The van der Waals surface area contributed by atoms with Gasteiger partial charge in [0.2, 0.25) is 0 Å². The van der Waals surface area contributed by atoms with Gasteiger partial charge in [0.25, 0.3) is 5.56 Å². The summed E-state index contributed by atoms with van der Waals surface area (Å²) in [6.07, 6.45) is 7.44. The van der Waals surface area contributed by atoms with Crippen molar-refractivity contribution in [2.24, 2.45) is 0 Å². The van der Waals surface area contributed by atoms with E-state index in [0.717, 1.165) is 10.9 Å². The number of nitrogens with one attached hydrogen (secondary N) is 2. The van der Waals surface area contributed by atoms with Crippen molar-refractivity contribution in [1.82, 2.24) is 20.2 Å². The van der Waals surface area contributed by atoms with Crippen LogP contribution in [0.25, 0.3) is 49.9 Å². The van der Waals surface area contributed by atoms with E-state index in [1.807, 2.05) is 24.3 Å². The molecule has 5 rings (SSSR count). The van der Waals surface area contributed by atoms with E-state index in [1.54, 1.807) is 18.3 Å². The lowest BCUT2D eigenvalue weighted by Gasteiger charge is -2.14. The molecule has 0 unspecified atom stereocenters. The van der Waals surface area contributed by atoms with Crippen LogP contribution in [-0.4, -0.2) is 31.9 Å². The number of nitrogen functional groups attached to an aromatic ring is 1. The van der Waals surface area contributed by atoms with Crippen LogP contribution in [0.2, 0.25) is 0 Å². The summed E-state index contributed by atoms with van der Waals surface area (Å²) in [7, 11) is 0. The summed E-state index contributed by atoms with van der Waals surface area (Å²) in [4.78, 5) is 20.1. The third kappa shape index (κ3) is 2.96. The Morgan fingerprint density at radius 1 is 1.16 bits per heavy atom. The molecule has 2 aromatic carbocycles. The highest BCUT2D eigenvalue weighted by atomic mass is 19.1. The van der Waals surface area contributed by atoms with Crippen LogP contribution in [-0.2, 0) is 0 Å². The van der Waals surface area contributed by atoms with Gasteiger partial charge in [-0.05, 0) is 36.2 Å². The molecule has 0 fully saturated rings. The predicted molar refractivity (Wildman–Crippen MR) is 120 cm³/mol. The van der Waals surface area contributed by atoms with E-state index in [4.69, 9.17) is 10.8 Å². The van der Waals surface area contributed by atoms with Gasteiger partial charge in [0.1, 0.15) is 17.0 Å². The summed E-state index contributed by atoms with van der Waals surface area (Å²) in [5.74, 6) is -0.439. The van der Waals surface area contributed by atoms with Crippen LogP contribution in [0.4, 0.5) is 10.1 Å². The third-order valence-electron chi connectivity index (χ3n) is 5.37. The van der Waals surface area contributed by atoms with Crippen LogP contribution in [0.3, 0.4) is 0 Å². The topological polar surface area (TPSA) is 121 Å². The Balaban J connectivity index is 1.95. The molecular weight excluding hydrogens is 397 g/mol. The summed E-state index contributed by atoms with van der Waals surface area (Å²) in [6, 6.07) is 8.50. The van der Waals surface area contributed by atoms with E-state index in [1.165, 1.54) is 12.3 Å². The van der Waals surface area contributed by atoms with Gasteiger partial charge in [0.05, 0.1) is 17.2 Å². The first kappa shape index (κ1) is 19.0. The molecule has 3 heterocycles. The lowest BCUT2D eigenvalue weighted by Crippen LogP contribution is -2.14. The number of benzene rings is 2. The van der Waals surface area contributed by atoms with Crippen molar-refractivity contribution in [3.05, 3.63) is 70.5 Å². The summed E-state index contributed by atoms with van der Waals surface area (Å²) >= 11 is 0. The van der Waals surface area contributed by atoms with Gasteiger partial charge >= 0.3 is 0 Å². The molecule has 0 bridgehead atoms. The Morgan fingerprint density at radius 2 is 2.03 bits per heavy atom. The van der Waals surface area contributed by atoms with Crippen LogP contribution < -0.4 is 11.3 Å². The van der Waals surface area contributed by atoms with Crippen molar-refractivity contribution in [3.63, 3.8) is 0 Å². The number of halogens is 1. The molecule has 31 heavy (non-hydrogen) atoms.